The summed E-state index contributed by atoms with van der Waals surface area (Å²) in [7, 11) is 0. The molecule has 1 aromatic heterocycles. The normalized spacial score (nSPS) is 39.8. The highest BCUT2D eigenvalue weighted by Crippen LogP contribution is 2.63. The Hall–Kier alpha value is -2.25. The molecule has 212 valence electrons. The Morgan fingerprint density at radius 2 is 1.90 bits per heavy atom. The molecule has 12 heteroatoms. The Bertz CT molecular complexity index is 1380. The predicted molar refractivity (Wildman–Crippen MR) is 148 cm³/mol. The van der Waals surface area contributed by atoms with Gasteiger partial charge in [-0.25, -0.2) is 14.6 Å². The fraction of sp³-hybridized carbons (Fsp3) is 0.643. The molecule has 7 aliphatic rings. The van der Waals surface area contributed by atoms with Crippen molar-refractivity contribution in [2.75, 3.05) is 11.1 Å². The zero-order valence-electron chi connectivity index (χ0n) is 21.9. The van der Waals surface area contributed by atoms with E-state index in [1.54, 1.807) is 6.07 Å². The Kier molecular flexibility index (Phi) is 5.97. The molecule has 0 radical (unpaired) electrons. The average Bonchev–Trinajstić information content (AvgIpc) is 3.65. The van der Waals surface area contributed by atoms with Crippen LogP contribution >= 0.6 is 23.1 Å². The van der Waals surface area contributed by atoms with E-state index in [4.69, 9.17) is 19.2 Å². The topological polar surface area (TPSA) is 129 Å². The molecule has 3 heterocycles. The van der Waals surface area contributed by atoms with Crippen LogP contribution < -0.4 is 5.32 Å². The van der Waals surface area contributed by atoms with Gasteiger partial charge in [-0.15, -0.1) is 23.1 Å². The Labute approximate surface area is 239 Å². The summed E-state index contributed by atoms with van der Waals surface area (Å²) in [4.78, 5) is 45.2. The number of nitrogens with zero attached hydrogens (tertiary/aromatic N) is 2. The molecule has 10 nitrogen and oxygen atoms in total. The number of aromatic nitrogens is 1. The number of aliphatic imine (C=N–C) groups is 1. The molecule has 3 atom stereocenters. The van der Waals surface area contributed by atoms with E-state index in [-0.39, 0.29) is 6.10 Å². The molecule has 2 aromatic rings. The summed E-state index contributed by atoms with van der Waals surface area (Å²) in [6.45, 7) is 0. The SMILES string of the molecule is O=C(Nc1ccc2nc(C3=N[C@@H](C(=O)O)CS3)sc2c1)OC1CCCC2(C1)OOC1(O2)C2CC3CC(C2)CC1C3. The zero-order valence-corrected chi connectivity index (χ0v) is 23.5. The third kappa shape index (κ3) is 4.25. The predicted octanol–water partition coefficient (Wildman–Crippen LogP) is 5.56. The highest BCUT2D eigenvalue weighted by Gasteiger charge is 2.67. The van der Waals surface area contributed by atoms with Gasteiger partial charge in [-0.1, -0.05) is 0 Å². The quantitative estimate of drug-likeness (QED) is 0.443. The summed E-state index contributed by atoms with van der Waals surface area (Å²) in [6.07, 6.45) is 7.94. The van der Waals surface area contributed by atoms with Crippen LogP contribution in [0, 0.1) is 23.7 Å². The first-order chi connectivity index (χ1) is 19.4. The van der Waals surface area contributed by atoms with Crippen LogP contribution in [0.3, 0.4) is 0 Å². The lowest BCUT2D eigenvalue weighted by Crippen LogP contribution is -2.59. The van der Waals surface area contributed by atoms with Gasteiger partial charge in [0.2, 0.25) is 11.6 Å². The van der Waals surface area contributed by atoms with Crippen molar-refractivity contribution in [3.05, 3.63) is 23.2 Å². The van der Waals surface area contributed by atoms with Gasteiger partial charge in [-0.2, -0.15) is 9.78 Å². The number of anilines is 1. The van der Waals surface area contributed by atoms with Gasteiger partial charge in [0.05, 0.1) is 10.2 Å². The number of thioether (sulfide) groups is 1. The maximum Gasteiger partial charge on any atom is 0.411 e. The van der Waals surface area contributed by atoms with Gasteiger partial charge >= 0.3 is 12.1 Å². The fourth-order valence-corrected chi connectivity index (χ4v) is 10.1. The van der Waals surface area contributed by atoms with Crippen molar-refractivity contribution < 1.29 is 33.9 Å². The summed E-state index contributed by atoms with van der Waals surface area (Å²) >= 11 is 2.82. The third-order valence-electron chi connectivity index (χ3n) is 9.60. The summed E-state index contributed by atoms with van der Waals surface area (Å²) in [5.74, 6) is 0.405. The lowest BCUT2D eigenvalue weighted by molar-refractivity contribution is -0.390. The van der Waals surface area contributed by atoms with Crippen molar-refractivity contribution in [3.63, 3.8) is 0 Å². The first-order valence-electron chi connectivity index (χ1n) is 14.3. The summed E-state index contributed by atoms with van der Waals surface area (Å²) in [6, 6.07) is 4.73. The number of hydrogen-bond donors (Lipinski definition) is 2. The largest absolute Gasteiger partial charge is 0.480 e. The number of benzene rings is 1. The van der Waals surface area contributed by atoms with Gasteiger partial charge in [0.25, 0.3) is 0 Å². The lowest BCUT2D eigenvalue weighted by atomic mass is 9.53. The van der Waals surface area contributed by atoms with Crippen LogP contribution in [0.2, 0.25) is 0 Å². The minimum Gasteiger partial charge on any atom is -0.480 e. The van der Waals surface area contributed by atoms with E-state index in [1.807, 2.05) is 12.1 Å². The van der Waals surface area contributed by atoms with E-state index in [1.165, 1.54) is 29.5 Å². The van der Waals surface area contributed by atoms with Gasteiger partial charge in [0, 0.05) is 36.1 Å². The summed E-state index contributed by atoms with van der Waals surface area (Å²) in [5, 5.41) is 13.4. The van der Waals surface area contributed by atoms with Gasteiger partial charge in [0.15, 0.2) is 6.04 Å². The molecule has 2 unspecified atom stereocenters. The number of nitrogens with one attached hydrogen (secondary N) is 1. The van der Waals surface area contributed by atoms with Crippen LogP contribution in [0.15, 0.2) is 23.2 Å². The van der Waals surface area contributed by atoms with Gasteiger partial charge in [-0.05, 0) is 75.0 Å². The summed E-state index contributed by atoms with van der Waals surface area (Å²) in [5.41, 5.74) is 1.37. The standard InChI is InChI=1S/C28H31N3O7S2/c32-25(33)21-13-39-23(31-21)24-30-20-4-3-18(11-22(20)40-24)29-26(34)35-19-2-1-5-27(12-19)36-28(38-37-27)16-7-14-6-15(9-16)10-17(28)8-14/h3-4,11,14-17,19,21H,1-2,5-10,12-13H2,(H,29,34)(H,32,33)/t14?,15?,16?,17?,19?,21-,27?,28?/m1/s1. The first-order valence-corrected chi connectivity index (χ1v) is 16.1. The molecule has 5 aliphatic carbocycles. The van der Waals surface area contributed by atoms with Crippen molar-refractivity contribution in [2.45, 2.75) is 81.5 Å². The van der Waals surface area contributed by atoms with Crippen LogP contribution in [-0.4, -0.2) is 56.7 Å². The van der Waals surface area contributed by atoms with E-state index >= 15 is 0 Å². The van der Waals surface area contributed by atoms with Crippen LogP contribution in [0.4, 0.5) is 10.5 Å². The van der Waals surface area contributed by atoms with Crippen molar-refractivity contribution in [1.82, 2.24) is 4.98 Å². The van der Waals surface area contributed by atoms with Crippen molar-refractivity contribution in [3.8, 4) is 0 Å². The number of rotatable bonds is 4. The van der Waals surface area contributed by atoms with E-state index in [0.717, 1.165) is 67.0 Å². The molecule has 2 aliphatic heterocycles. The Balaban J connectivity index is 0.916. The first kappa shape index (κ1) is 25.5. The second-order valence-corrected chi connectivity index (χ2v) is 14.3. The van der Waals surface area contributed by atoms with E-state index in [0.29, 0.717) is 39.7 Å². The van der Waals surface area contributed by atoms with Gasteiger partial charge < -0.3 is 14.6 Å². The molecule has 1 aromatic carbocycles. The number of fused-ring (bicyclic) bond motifs is 1. The Morgan fingerprint density at radius 3 is 2.65 bits per heavy atom. The minimum atomic E-state index is -0.927. The second kappa shape index (κ2) is 9.38. The number of carbonyl (C=O) groups excluding carboxylic acids is 1. The van der Waals surface area contributed by atoms with Gasteiger partial charge in [-0.3, -0.25) is 10.3 Å². The van der Waals surface area contributed by atoms with Crippen molar-refractivity contribution >= 4 is 56.1 Å². The van der Waals surface area contributed by atoms with E-state index < -0.39 is 29.7 Å². The third-order valence-corrected chi connectivity index (χ3v) is 11.8. The summed E-state index contributed by atoms with van der Waals surface area (Å²) < 4.78 is 13.5. The van der Waals surface area contributed by atoms with E-state index in [9.17, 15) is 14.7 Å². The van der Waals surface area contributed by atoms with Crippen LogP contribution in [-0.2, 0) is 24.0 Å². The van der Waals surface area contributed by atoms with Crippen molar-refractivity contribution in [1.29, 1.82) is 0 Å². The smallest absolute Gasteiger partial charge is 0.411 e. The molecular weight excluding hydrogens is 554 g/mol. The highest BCUT2D eigenvalue weighted by atomic mass is 32.2. The van der Waals surface area contributed by atoms with Crippen molar-refractivity contribution in [2.24, 2.45) is 28.7 Å². The molecule has 40 heavy (non-hydrogen) atoms. The Morgan fingerprint density at radius 1 is 1.10 bits per heavy atom. The van der Waals surface area contributed by atoms with Crippen LogP contribution in [0.25, 0.3) is 10.2 Å². The second-order valence-electron chi connectivity index (χ2n) is 12.3. The molecule has 2 N–H and O–H groups in total. The number of aliphatic carboxylic acids is 1. The number of hydrogen-bond acceptors (Lipinski definition) is 10. The molecule has 1 amide bonds. The van der Waals surface area contributed by atoms with Gasteiger partial charge in [0.1, 0.15) is 16.2 Å². The number of amides is 1. The van der Waals surface area contributed by atoms with Crippen LogP contribution in [0.1, 0.15) is 62.8 Å². The van der Waals surface area contributed by atoms with E-state index in [2.05, 4.69) is 15.3 Å². The molecule has 6 fully saturated rings. The molecule has 5 saturated carbocycles. The molecule has 9 rings (SSSR count). The minimum absolute atomic E-state index is 0.331. The lowest BCUT2D eigenvalue weighted by Gasteiger charge is -2.57. The maximum atomic E-state index is 12.9. The number of thiazole rings is 1. The monoisotopic (exact) mass is 585 g/mol. The number of carboxylic acid groups (broad SMARTS) is 1. The molecule has 2 spiro atoms. The average molecular weight is 586 g/mol. The number of carbonyl (C=O) groups is 2. The van der Waals surface area contributed by atoms with Crippen LogP contribution in [0.5, 0.6) is 0 Å². The number of ether oxygens (including phenoxy) is 2. The fourth-order valence-electron chi connectivity index (χ4n) is 8.04. The number of carboxylic acids is 1. The highest BCUT2D eigenvalue weighted by molar-refractivity contribution is 8.15. The molecule has 4 bridgehead atoms. The zero-order chi connectivity index (χ0) is 27.1. The molecule has 1 saturated heterocycles. The molecular formula is C28H31N3O7S2. The maximum absolute atomic E-state index is 12.9.